The Morgan fingerprint density at radius 1 is 1.25 bits per heavy atom. The van der Waals surface area contributed by atoms with E-state index in [9.17, 15) is 4.79 Å². The number of hydrogen-bond acceptors (Lipinski definition) is 5. The number of ether oxygens (including phenoxy) is 1. The standard InChI is InChI=1S/C21H27N5O2/c1-2-18(27)25-11-15-4-3-7-26(17(15)12-25)21-19-16(14-5-8-28-9-6-14)10-22-20(19)23-13-24-21/h2,10,13-15,17H,1,3-9,11-12H2,(H,22,23,24)/t15-,17+/m1/s1. The Bertz CT molecular complexity index is 888. The number of piperidine rings is 1. The molecule has 1 N–H and O–H groups in total. The van der Waals surface area contributed by atoms with Gasteiger partial charge in [0.1, 0.15) is 17.8 Å². The molecule has 5 rings (SSSR count). The number of rotatable bonds is 3. The van der Waals surface area contributed by atoms with Crippen LogP contribution in [0.4, 0.5) is 5.82 Å². The number of aromatic amines is 1. The van der Waals surface area contributed by atoms with E-state index in [-0.39, 0.29) is 5.91 Å². The van der Waals surface area contributed by atoms with Crippen molar-refractivity contribution in [3.63, 3.8) is 0 Å². The van der Waals surface area contributed by atoms with E-state index in [0.717, 1.165) is 75.4 Å². The van der Waals surface area contributed by atoms with E-state index in [1.54, 1.807) is 6.33 Å². The number of anilines is 1. The molecule has 3 saturated heterocycles. The van der Waals surface area contributed by atoms with Gasteiger partial charge < -0.3 is 19.5 Å². The van der Waals surface area contributed by atoms with E-state index in [4.69, 9.17) is 9.72 Å². The molecule has 5 heterocycles. The molecular weight excluding hydrogens is 354 g/mol. The lowest BCUT2D eigenvalue weighted by molar-refractivity contribution is -0.125. The van der Waals surface area contributed by atoms with E-state index < -0.39 is 0 Å². The monoisotopic (exact) mass is 381 g/mol. The largest absolute Gasteiger partial charge is 0.381 e. The lowest BCUT2D eigenvalue weighted by atomic mass is 9.90. The molecule has 7 heteroatoms. The summed E-state index contributed by atoms with van der Waals surface area (Å²) in [6.07, 6.45) is 9.57. The highest BCUT2D eigenvalue weighted by Crippen LogP contribution is 2.40. The van der Waals surface area contributed by atoms with Crippen molar-refractivity contribution in [3.05, 3.63) is 30.7 Å². The van der Waals surface area contributed by atoms with Crippen LogP contribution >= 0.6 is 0 Å². The number of likely N-dealkylation sites (tertiary alicyclic amines) is 1. The second-order valence-corrected chi connectivity index (χ2v) is 8.16. The van der Waals surface area contributed by atoms with E-state index in [1.807, 2.05) is 4.90 Å². The first-order chi connectivity index (χ1) is 13.8. The maximum atomic E-state index is 12.2. The molecule has 2 aromatic rings. The normalized spacial score (nSPS) is 25.9. The van der Waals surface area contributed by atoms with Crippen LogP contribution in [0, 0.1) is 5.92 Å². The summed E-state index contributed by atoms with van der Waals surface area (Å²) in [5.74, 6) is 2.03. The smallest absolute Gasteiger partial charge is 0.246 e. The zero-order chi connectivity index (χ0) is 19.1. The Morgan fingerprint density at radius 3 is 2.93 bits per heavy atom. The fourth-order valence-corrected chi connectivity index (χ4v) is 5.27. The second-order valence-electron chi connectivity index (χ2n) is 8.16. The Balaban J connectivity index is 1.52. The summed E-state index contributed by atoms with van der Waals surface area (Å²) in [5, 5.41) is 1.16. The van der Waals surface area contributed by atoms with Gasteiger partial charge >= 0.3 is 0 Å². The van der Waals surface area contributed by atoms with Gasteiger partial charge in [-0.25, -0.2) is 9.97 Å². The third-order valence-corrected chi connectivity index (χ3v) is 6.68. The topological polar surface area (TPSA) is 74.4 Å². The Morgan fingerprint density at radius 2 is 2.11 bits per heavy atom. The van der Waals surface area contributed by atoms with E-state index >= 15 is 0 Å². The second kappa shape index (κ2) is 7.20. The zero-order valence-corrected chi connectivity index (χ0v) is 16.1. The molecule has 0 aromatic carbocycles. The zero-order valence-electron chi connectivity index (χ0n) is 16.1. The summed E-state index contributed by atoms with van der Waals surface area (Å²) >= 11 is 0. The molecule has 2 aromatic heterocycles. The Labute approximate surface area is 164 Å². The van der Waals surface area contributed by atoms with Gasteiger partial charge in [0.2, 0.25) is 5.91 Å². The van der Waals surface area contributed by atoms with Crippen LogP contribution in [0.5, 0.6) is 0 Å². The minimum absolute atomic E-state index is 0.0340. The molecule has 0 unspecified atom stereocenters. The predicted molar refractivity (Wildman–Crippen MR) is 107 cm³/mol. The number of amides is 1. The summed E-state index contributed by atoms with van der Waals surface area (Å²) in [5.41, 5.74) is 2.22. The maximum absolute atomic E-state index is 12.2. The minimum atomic E-state index is 0.0340. The first-order valence-electron chi connectivity index (χ1n) is 10.3. The number of nitrogens with one attached hydrogen (secondary N) is 1. The third kappa shape index (κ3) is 2.89. The van der Waals surface area contributed by atoms with Crippen molar-refractivity contribution in [3.8, 4) is 0 Å². The number of aromatic nitrogens is 3. The van der Waals surface area contributed by atoms with Crippen molar-refractivity contribution >= 4 is 22.8 Å². The van der Waals surface area contributed by atoms with Crippen molar-refractivity contribution in [1.29, 1.82) is 0 Å². The van der Waals surface area contributed by atoms with Gasteiger partial charge in [0.15, 0.2) is 0 Å². The van der Waals surface area contributed by atoms with Gasteiger partial charge in [0.25, 0.3) is 0 Å². The molecular formula is C21H27N5O2. The minimum Gasteiger partial charge on any atom is -0.381 e. The maximum Gasteiger partial charge on any atom is 0.246 e. The Kier molecular flexibility index (Phi) is 4.55. The van der Waals surface area contributed by atoms with Crippen molar-refractivity contribution < 1.29 is 9.53 Å². The Hall–Kier alpha value is -2.41. The number of hydrogen-bond donors (Lipinski definition) is 1. The van der Waals surface area contributed by atoms with Crippen LogP contribution in [0.1, 0.15) is 37.2 Å². The molecule has 0 aliphatic carbocycles. The third-order valence-electron chi connectivity index (χ3n) is 6.68. The lowest BCUT2D eigenvalue weighted by Gasteiger charge is -2.38. The van der Waals surface area contributed by atoms with Crippen LogP contribution in [-0.4, -0.2) is 64.6 Å². The summed E-state index contributed by atoms with van der Waals surface area (Å²) in [4.78, 5) is 29.2. The summed E-state index contributed by atoms with van der Waals surface area (Å²) in [7, 11) is 0. The molecule has 2 atom stereocenters. The van der Waals surface area contributed by atoms with Crippen molar-refractivity contribution in [1.82, 2.24) is 19.9 Å². The molecule has 0 spiro atoms. The highest BCUT2D eigenvalue weighted by atomic mass is 16.5. The fourth-order valence-electron chi connectivity index (χ4n) is 5.27. The van der Waals surface area contributed by atoms with Crippen LogP contribution in [-0.2, 0) is 9.53 Å². The fraction of sp³-hybridized carbons (Fsp3) is 0.571. The highest BCUT2D eigenvalue weighted by molar-refractivity contribution is 5.92. The van der Waals surface area contributed by atoms with Crippen molar-refractivity contribution in [2.45, 2.75) is 37.6 Å². The summed E-state index contributed by atoms with van der Waals surface area (Å²) in [6.45, 7) is 7.82. The predicted octanol–water partition coefficient (Wildman–Crippen LogP) is 2.47. The van der Waals surface area contributed by atoms with Gasteiger partial charge in [-0.15, -0.1) is 0 Å². The molecule has 148 valence electrons. The number of H-pyrrole nitrogens is 1. The van der Waals surface area contributed by atoms with Gasteiger partial charge in [-0.1, -0.05) is 6.58 Å². The van der Waals surface area contributed by atoms with E-state index in [0.29, 0.717) is 17.9 Å². The molecule has 0 bridgehead atoms. The van der Waals surface area contributed by atoms with Crippen LogP contribution in [0.25, 0.3) is 11.0 Å². The van der Waals surface area contributed by atoms with Gasteiger partial charge in [0, 0.05) is 39.0 Å². The van der Waals surface area contributed by atoms with Crippen molar-refractivity contribution in [2.75, 3.05) is 37.7 Å². The van der Waals surface area contributed by atoms with Gasteiger partial charge in [-0.05, 0) is 49.2 Å². The number of carbonyl (C=O) groups is 1. The van der Waals surface area contributed by atoms with Gasteiger partial charge in [0.05, 0.1) is 11.4 Å². The van der Waals surface area contributed by atoms with Crippen LogP contribution in [0.15, 0.2) is 25.2 Å². The number of fused-ring (bicyclic) bond motifs is 2. The molecule has 3 fully saturated rings. The lowest BCUT2D eigenvalue weighted by Crippen LogP contribution is -2.46. The molecule has 3 aliphatic rings. The summed E-state index contributed by atoms with van der Waals surface area (Å²) < 4.78 is 5.56. The molecule has 3 aliphatic heterocycles. The quantitative estimate of drug-likeness (QED) is 0.827. The number of carbonyl (C=O) groups excluding carboxylic acids is 1. The molecule has 0 radical (unpaired) electrons. The van der Waals surface area contributed by atoms with Crippen molar-refractivity contribution in [2.24, 2.45) is 5.92 Å². The average molecular weight is 381 g/mol. The van der Waals surface area contributed by atoms with Crippen LogP contribution < -0.4 is 4.90 Å². The molecule has 28 heavy (non-hydrogen) atoms. The van der Waals surface area contributed by atoms with Gasteiger partial charge in [-0.2, -0.15) is 0 Å². The highest BCUT2D eigenvalue weighted by Gasteiger charge is 2.41. The summed E-state index contributed by atoms with van der Waals surface area (Å²) in [6, 6.07) is 0.313. The van der Waals surface area contributed by atoms with Crippen LogP contribution in [0.3, 0.4) is 0 Å². The molecule has 1 amide bonds. The number of nitrogens with zero attached hydrogens (tertiary/aromatic N) is 4. The van der Waals surface area contributed by atoms with E-state index in [2.05, 4.69) is 27.6 Å². The molecule has 0 saturated carbocycles. The first kappa shape index (κ1) is 17.7. The first-order valence-corrected chi connectivity index (χ1v) is 10.3. The van der Waals surface area contributed by atoms with Gasteiger partial charge in [-0.3, -0.25) is 4.79 Å². The van der Waals surface area contributed by atoms with Crippen LogP contribution in [0.2, 0.25) is 0 Å². The average Bonchev–Trinajstić information content (AvgIpc) is 3.38. The SMILES string of the molecule is C=CC(=O)N1C[C@H]2CCCN(c3ncnc4[nH]cc(C5CCOCC5)c34)[C@H]2C1. The van der Waals surface area contributed by atoms with E-state index in [1.165, 1.54) is 11.6 Å². The molecule has 7 nitrogen and oxygen atoms in total.